The van der Waals surface area contributed by atoms with E-state index in [2.05, 4.69) is 37.0 Å². The molecule has 0 aromatic heterocycles. The van der Waals surface area contributed by atoms with Gasteiger partial charge in [0.1, 0.15) is 18.3 Å². The second kappa shape index (κ2) is 7.43. The lowest BCUT2D eigenvalue weighted by atomic mass is 9.85. The van der Waals surface area contributed by atoms with Crippen LogP contribution in [0.3, 0.4) is 0 Å². The van der Waals surface area contributed by atoms with Gasteiger partial charge in [-0.2, -0.15) is 5.53 Å². The molecule has 0 aromatic rings. The quantitative estimate of drug-likeness (QED) is 0.309. The highest BCUT2D eigenvalue weighted by atomic mass is 19.1. The number of alkyl halides is 1. The minimum Gasteiger partial charge on any atom is -0.351 e. The van der Waals surface area contributed by atoms with Crippen molar-refractivity contribution in [2.75, 3.05) is 33.2 Å². The van der Waals surface area contributed by atoms with E-state index < -0.39 is 24.4 Å². The van der Waals surface area contributed by atoms with Crippen LogP contribution in [0.4, 0.5) is 4.39 Å². The van der Waals surface area contributed by atoms with Gasteiger partial charge in [-0.05, 0) is 18.9 Å². The molecule has 0 aliphatic carbocycles. The van der Waals surface area contributed by atoms with Gasteiger partial charge in [0.05, 0.1) is 12.7 Å². The van der Waals surface area contributed by atoms with E-state index in [0.29, 0.717) is 12.0 Å². The zero-order valence-electron chi connectivity index (χ0n) is 14.9. The van der Waals surface area contributed by atoms with E-state index in [1.807, 2.05) is 7.05 Å². The molecular weight excluding hydrogens is 341 g/mol. The van der Waals surface area contributed by atoms with Gasteiger partial charge in [-0.15, -0.1) is 0 Å². The molecule has 4 heterocycles. The van der Waals surface area contributed by atoms with E-state index in [0.717, 1.165) is 26.1 Å². The minimum atomic E-state index is -1.14. The predicted octanol–water partition coefficient (Wildman–Crippen LogP) is -3.13. The Morgan fingerprint density at radius 1 is 1.42 bits per heavy atom. The number of nitrogens with two attached hydrogens (primary N) is 1. The Bertz CT molecular complexity index is 563. The summed E-state index contributed by atoms with van der Waals surface area (Å²) in [6.45, 7) is 2.64. The number of amides is 1. The van der Waals surface area contributed by atoms with Crippen LogP contribution in [0.5, 0.6) is 0 Å². The first-order valence-electron chi connectivity index (χ1n) is 9.23. The second-order valence-electron chi connectivity index (χ2n) is 7.50. The van der Waals surface area contributed by atoms with Gasteiger partial charge in [0.2, 0.25) is 5.91 Å². The molecule has 146 valence electrons. The molecule has 0 bridgehead atoms. The molecule has 11 heteroatoms. The van der Waals surface area contributed by atoms with Crippen LogP contribution in [0, 0.1) is 11.8 Å². The van der Waals surface area contributed by atoms with E-state index in [1.165, 1.54) is 6.21 Å². The monoisotopic (exact) mass is 369 g/mol. The van der Waals surface area contributed by atoms with Crippen LogP contribution in [-0.4, -0.2) is 86.0 Å². The number of rotatable bonds is 3. The summed E-state index contributed by atoms with van der Waals surface area (Å²) in [6, 6.07) is 0.308. The molecule has 3 fully saturated rings. The van der Waals surface area contributed by atoms with E-state index in [-0.39, 0.29) is 18.5 Å². The molecule has 4 aliphatic rings. The fourth-order valence-corrected chi connectivity index (χ4v) is 4.49. The molecule has 4 rings (SSSR count). The van der Waals surface area contributed by atoms with Gasteiger partial charge in [0.25, 0.3) is 0 Å². The maximum Gasteiger partial charge on any atom is 0.229 e. The summed E-state index contributed by atoms with van der Waals surface area (Å²) in [4.78, 5) is 17.2. The van der Waals surface area contributed by atoms with E-state index in [1.54, 1.807) is 5.01 Å². The third-order valence-electron chi connectivity index (χ3n) is 5.84. The zero-order chi connectivity index (χ0) is 18.3. The Balaban J connectivity index is 1.45. The Kier molecular flexibility index (Phi) is 5.19. The highest BCUT2D eigenvalue weighted by Gasteiger charge is 2.47. The number of likely N-dealkylation sites (N-methyl/N-ethyl adjacent to an activating group) is 1. The first-order chi connectivity index (χ1) is 12.5. The van der Waals surface area contributed by atoms with Gasteiger partial charge in [0, 0.05) is 38.4 Å². The Morgan fingerprint density at radius 3 is 3.04 bits per heavy atom. The summed E-state index contributed by atoms with van der Waals surface area (Å²) in [6.07, 6.45) is 0.0870. The summed E-state index contributed by atoms with van der Waals surface area (Å²) in [5.74, 6) is -0.356. The molecule has 4 aliphatic heterocycles. The van der Waals surface area contributed by atoms with Gasteiger partial charge in [-0.1, -0.05) is 0 Å². The largest absolute Gasteiger partial charge is 0.351 e. The fourth-order valence-electron chi connectivity index (χ4n) is 4.49. The van der Waals surface area contributed by atoms with Crippen LogP contribution in [0.15, 0.2) is 4.99 Å². The SMILES string of the molecule is CN1NNCC1C1CCNCC1NC(=O)C1C(N)NN2CC(F)C=NC12. The number of halogens is 1. The molecule has 7 N–H and O–H groups in total. The maximum atomic E-state index is 13.5. The van der Waals surface area contributed by atoms with Crippen molar-refractivity contribution in [2.45, 2.75) is 37.0 Å². The van der Waals surface area contributed by atoms with Crippen molar-refractivity contribution >= 4 is 12.1 Å². The van der Waals surface area contributed by atoms with Crippen molar-refractivity contribution in [1.82, 2.24) is 37.0 Å². The lowest BCUT2D eigenvalue weighted by Crippen LogP contribution is -2.59. The molecular formula is C15H28FN9O. The number of fused-ring (bicyclic) bond motifs is 1. The number of carbonyl (C=O) groups is 1. The summed E-state index contributed by atoms with van der Waals surface area (Å²) >= 11 is 0. The molecule has 0 saturated carbocycles. The number of carbonyl (C=O) groups excluding carboxylic acids is 1. The van der Waals surface area contributed by atoms with Crippen molar-refractivity contribution in [3.05, 3.63) is 0 Å². The number of aliphatic imine (C=N–C) groups is 1. The second-order valence-corrected chi connectivity index (χ2v) is 7.50. The van der Waals surface area contributed by atoms with E-state index in [9.17, 15) is 9.18 Å². The number of nitrogens with one attached hydrogen (secondary N) is 5. The predicted molar refractivity (Wildman–Crippen MR) is 94.1 cm³/mol. The number of hydrazine groups is 3. The Morgan fingerprint density at radius 2 is 2.27 bits per heavy atom. The molecule has 26 heavy (non-hydrogen) atoms. The Hall–Kier alpha value is -1.21. The highest BCUT2D eigenvalue weighted by molar-refractivity contribution is 5.81. The summed E-state index contributed by atoms with van der Waals surface area (Å²) in [7, 11) is 2.00. The van der Waals surface area contributed by atoms with Crippen molar-refractivity contribution in [3.63, 3.8) is 0 Å². The minimum absolute atomic E-state index is 0.00754. The average Bonchev–Trinajstić information content (AvgIpc) is 3.17. The molecule has 0 aromatic carbocycles. The maximum absolute atomic E-state index is 13.5. The summed E-state index contributed by atoms with van der Waals surface area (Å²) < 4.78 is 13.5. The molecule has 0 radical (unpaired) electrons. The topological polar surface area (TPSA) is 122 Å². The highest BCUT2D eigenvalue weighted by Crippen LogP contribution is 2.26. The number of hydrogen-bond donors (Lipinski definition) is 6. The molecule has 0 spiro atoms. The summed E-state index contributed by atoms with van der Waals surface area (Å²) in [5.41, 5.74) is 15.3. The standard InChI is InChI=1S/C15H28FN9O/c1-24-11(6-20-23-24)9-2-3-18-5-10(9)21-15(26)12-13(17)22-25-7-8(16)4-19-14(12)25/h4,8-14,18,20,22-23H,2-3,5-7,17H2,1H3,(H,21,26). The first kappa shape index (κ1) is 18.2. The normalized spacial score (nSPS) is 44.2. The molecule has 1 amide bonds. The van der Waals surface area contributed by atoms with E-state index in [4.69, 9.17) is 5.73 Å². The fraction of sp³-hybridized carbons (Fsp3) is 0.867. The number of nitrogens with zero attached hydrogens (tertiary/aromatic N) is 3. The molecule has 10 nitrogen and oxygen atoms in total. The van der Waals surface area contributed by atoms with E-state index >= 15 is 0 Å². The average molecular weight is 369 g/mol. The van der Waals surface area contributed by atoms with Crippen LogP contribution in [0.2, 0.25) is 0 Å². The zero-order valence-corrected chi connectivity index (χ0v) is 14.9. The lowest BCUT2D eigenvalue weighted by molar-refractivity contribution is -0.127. The van der Waals surface area contributed by atoms with Crippen LogP contribution >= 0.6 is 0 Å². The molecule has 7 atom stereocenters. The van der Waals surface area contributed by atoms with Gasteiger partial charge in [-0.25, -0.2) is 25.3 Å². The van der Waals surface area contributed by atoms with Crippen LogP contribution in [0.1, 0.15) is 6.42 Å². The van der Waals surface area contributed by atoms with Crippen molar-refractivity contribution in [1.29, 1.82) is 0 Å². The van der Waals surface area contributed by atoms with Gasteiger partial charge < -0.3 is 16.4 Å². The van der Waals surface area contributed by atoms with Crippen molar-refractivity contribution < 1.29 is 9.18 Å². The lowest BCUT2D eigenvalue weighted by Gasteiger charge is -2.38. The van der Waals surface area contributed by atoms with Gasteiger partial charge in [0.15, 0.2) is 0 Å². The first-order valence-corrected chi connectivity index (χ1v) is 9.23. The van der Waals surface area contributed by atoms with Gasteiger partial charge in [-0.3, -0.25) is 9.79 Å². The third-order valence-corrected chi connectivity index (χ3v) is 5.84. The Labute approximate surface area is 152 Å². The van der Waals surface area contributed by atoms with Crippen LogP contribution in [0.25, 0.3) is 0 Å². The van der Waals surface area contributed by atoms with Gasteiger partial charge >= 0.3 is 0 Å². The molecule has 7 unspecified atom stereocenters. The number of hydrogen-bond acceptors (Lipinski definition) is 9. The van der Waals surface area contributed by atoms with Crippen molar-refractivity contribution in [2.24, 2.45) is 22.6 Å². The number of piperidine rings is 1. The van der Waals surface area contributed by atoms with Crippen molar-refractivity contribution in [3.8, 4) is 0 Å². The molecule has 3 saturated heterocycles. The third kappa shape index (κ3) is 3.36. The van der Waals surface area contributed by atoms with Crippen LogP contribution in [-0.2, 0) is 4.79 Å². The van der Waals surface area contributed by atoms with Crippen LogP contribution < -0.4 is 32.8 Å². The smallest absolute Gasteiger partial charge is 0.229 e. The summed E-state index contributed by atoms with van der Waals surface area (Å²) in [5, 5.41) is 10.2.